The molecule has 1 aromatic heterocycles. The van der Waals surface area contributed by atoms with E-state index in [9.17, 15) is 14.0 Å². The van der Waals surface area contributed by atoms with Crippen LogP contribution >= 0.6 is 11.3 Å². The maximum absolute atomic E-state index is 13.4. The molecule has 3 aliphatic rings. The molecule has 2 saturated carbocycles. The molecule has 140 valence electrons. The van der Waals surface area contributed by atoms with Gasteiger partial charge in [0, 0.05) is 18.0 Å². The lowest BCUT2D eigenvalue weighted by Gasteiger charge is -2.24. The second-order valence-corrected chi connectivity index (χ2v) is 9.05. The zero-order chi connectivity index (χ0) is 18.9. The fourth-order valence-electron chi connectivity index (χ4n) is 4.42. The average Bonchev–Trinajstić information content (AvgIpc) is 3.53. The first kappa shape index (κ1) is 16.9. The summed E-state index contributed by atoms with van der Waals surface area (Å²) in [6.45, 7) is 1.96. The number of benzene rings is 1. The van der Waals surface area contributed by atoms with Gasteiger partial charge in [0.1, 0.15) is 11.5 Å². The van der Waals surface area contributed by atoms with Gasteiger partial charge in [-0.1, -0.05) is 12.1 Å². The molecule has 2 aromatic rings. The summed E-state index contributed by atoms with van der Waals surface area (Å²) in [4.78, 5) is 32.6. The number of rotatable bonds is 4. The summed E-state index contributed by atoms with van der Waals surface area (Å²) >= 11 is 1.52. The molecule has 0 unspecified atom stereocenters. The van der Waals surface area contributed by atoms with Crippen LogP contribution < -0.4 is 5.73 Å². The van der Waals surface area contributed by atoms with E-state index in [1.165, 1.54) is 23.5 Å². The maximum atomic E-state index is 13.4. The molecule has 2 aliphatic carbocycles. The molecule has 2 N–H and O–H groups in total. The zero-order valence-electron chi connectivity index (χ0n) is 14.9. The average molecular weight is 385 g/mol. The Morgan fingerprint density at radius 3 is 2.56 bits per heavy atom. The van der Waals surface area contributed by atoms with Gasteiger partial charge in [-0.15, -0.1) is 11.3 Å². The molecular weight excluding hydrogens is 365 g/mol. The Hall–Kier alpha value is -2.28. The highest BCUT2D eigenvalue weighted by atomic mass is 32.1. The Labute approximate surface area is 160 Å². The van der Waals surface area contributed by atoms with Crippen LogP contribution in [-0.2, 0) is 4.79 Å². The van der Waals surface area contributed by atoms with E-state index in [-0.39, 0.29) is 29.7 Å². The normalized spacial score (nSPS) is 28.9. The number of fused-ring (bicyclic) bond motifs is 1. The molecule has 0 bridgehead atoms. The Balaban J connectivity index is 1.53. The van der Waals surface area contributed by atoms with E-state index in [1.54, 1.807) is 17.0 Å². The first-order valence-electron chi connectivity index (χ1n) is 9.30. The number of hydrogen-bond acceptors (Lipinski definition) is 4. The van der Waals surface area contributed by atoms with Gasteiger partial charge in [0.2, 0.25) is 5.91 Å². The summed E-state index contributed by atoms with van der Waals surface area (Å²) in [5.74, 6) is -0.339. The molecule has 3 atom stereocenters. The van der Waals surface area contributed by atoms with Gasteiger partial charge in [-0.25, -0.2) is 9.37 Å². The molecule has 27 heavy (non-hydrogen) atoms. The predicted molar refractivity (Wildman–Crippen MR) is 99.8 cm³/mol. The minimum absolute atomic E-state index is 0.0455. The molecule has 1 aliphatic heterocycles. The number of aromatic nitrogens is 1. The fraction of sp³-hybridized carbons (Fsp3) is 0.450. The van der Waals surface area contributed by atoms with E-state index in [0.717, 1.165) is 28.3 Å². The van der Waals surface area contributed by atoms with Crippen molar-refractivity contribution in [2.24, 2.45) is 11.1 Å². The van der Waals surface area contributed by atoms with E-state index in [1.807, 2.05) is 6.92 Å². The van der Waals surface area contributed by atoms with Crippen LogP contribution in [-0.4, -0.2) is 33.8 Å². The smallest absolute Gasteiger partial charge is 0.274 e. The SMILES string of the molecule is C[C@H]1C[C@@]2(C(N)=O)C[C@@H]2N1C(=O)c1nc(C2CC2)sc1-c1ccc(F)cc1. The lowest BCUT2D eigenvalue weighted by atomic mass is 10.00. The molecule has 0 spiro atoms. The minimum atomic E-state index is -0.555. The minimum Gasteiger partial charge on any atom is -0.369 e. The standard InChI is InChI=1S/C20H20FN3O2S/c1-10-8-20(19(22)26)9-14(20)24(10)18(25)15-16(11-4-6-13(21)7-5-11)27-17(23-15)12-2-3-12/h4-7,10,12,14H,2-3,8-9H2,1H3,(H2,22,26)/t10-,14-,20+/m0/s1. The summed E-state index contributed by atoms with van der Waals surface area (Å²) in [6.07, 6.45) is 3.45. The van der Waals surface area contributed by atoms with Gasteiger partial charge in [0.05, 0.1) is 15.3 Å². The molecule has 7 heteroatoms. The second kappa shape index (κ2) is 5.61. The summed E-state index contributed by atoms with van der Waals surface area (Å²) in [7, 11) is 0. The Morgan fingerprint density at radius 2 is 1.96 bits per heavy atom. The maximum Gasteiger partial charge on any atom is 0.274 e. The van der Waals surface area contributed by atoms with E-state index in [4.69, 9.17) is 5.73 Å². The number of primary amides is 1. The first-order valence-corrected chi connectivity index (χ1v) is 10.1. The van der Waals surface area contributed by atoms with Gasteiger partial charge in [0.25, 0.3) is 5.91 Å². The van der Waals surface area contributed by atoms with Gasteiger partial charge < -0.3 is 10.6 Å². The highest BCUT2D eigenvalue weighted by Gasteiger charge is 2.68. The summed E-state index contributed by atoms with van der Waals surface area (Å²) in [6, 6.07) is 6.01. The molecule has 2 amide bonds. The van der Waals surface area contributed by atoms with Crippen molar-refractivity contribution in [1.82, 2.24) is 9.88 Å². The molecule has 1 aromatic carbocycles. The van der Waals surface area contributed by atoms with E-state index < -0.39 is 5.41 Å². The summed E-state index contributed by atoms with van der Waals surface area (Å²) in [5.41, 5.74) is 6.27. The number of amides is 2. The third kappa shape index (κ3) is 2.51. The number of piperidine rings is 1. The number of likely N-dealkylation sites (tertiary alicyclic amines) is 1. The van der Waals surface area contributed by atoms with Crippen molar-refractivity contribution in [3.05, 3.63) is 40.8 Å². The highest BCUT2D eigenvalue weighted by molar-refractivity contribution is 7.15. The van der Waals surface area contributed by atoms with Crippen LogP contribution in [0.4, 0.5) is 4.39 Å². The number of nitrogens with zero attached hydrogens (tertiary/aromatic N) is 2. The predicted octanol–water partition coefficient (Wildman–Crippen LogP) is 3.31. The van der Waals surface area contributed by atoms with Gasteiger partial charge in [-0.05, 0) is 50.3 Å². The Bertz CT molecular complexity index is 953. The molecule has 3 fully saturated rings. The topological polar surface area (TPSA) is 76.3 Å². The van der Waals surface area contributed by atoms with Crippen molar-refractivity contribution in [3.8, 4) is 10.4 Å². The quantitative estimate of drug-likeness (QED) is 0.877. The van der Waals surface area contributed by atoms with Crippen molar-refractivity contribution >= 4 is 23.2 Å². The third-order valence-corrected chi connectivity index (χ3v) is 7.38. The molecular formula is C20H20FN3O2S. The number of carbonyl (C=O) groups is 2. The van der Waals surface area contributed by atoms with E-state index >= 15 is 0 Å². The number of thiazole rings is 1. The van der Waals surface area contributed by atoms with Crippen LogP contribution in [0.2, 0.25) is 0 Å². The van der Waals surface area contributed by atoms with Gasteiger partial charge in [-0.2, -0.15) is 0 Å². The fourth-order valence-corrected chi connectivity index (χ4v) is 5.65. The monoisotopic (exact) mass is 385 g/mol. The van der Waals surface area contributed by atoms with E-state index in [0.29, 0.717) is 24.5 Å². The van der Waals surface area contributed by atoms with Gasteiger partial charge >= 0.3 is 0 Å². The number of hydrogen-bond donors (Lipinski definition) is 1. The Kier molecular flexibility index (Phi) is 3.50. The summed E-state index contributed by atoms with van der Waals surface area (Å²) in [5, 5.41) is 0.974. The lowest BCUT2D eigenvalue weighted by Crippen LogP contribution is -2.37. The van der Waals surface area contributed by atoms with Gasteiger partial charge in [-0.3, -0.25) is 9.59 Å². The van der Waals surface area contributed by atoms with Crippen molar-refractivity contribution in [2.45, 2.75) is 50.6 Å². The van der Waals surface area contributed by atoms with Crippen LogP contribution in [0.15, 0.2) is 24.3 Å². The van der Waals surface area contributed by atoms with Crippen LogP contribution in [0.5, 0.6) is 0 Å². The molecule has 0 radical (unpaired) electrons. The van der Waals surface area contributed by atoms with Crippen molar-refractivity contribution in [2.75, 3.05) is 0 Å². The van der Waals surface area contributed by atoms with Crippen molar-refractivity contribution in [3.63, 3.8) is 0 Å². The van der Waals surface area contributed by atoms with Crippen molar-refractivity contribution in [1.29, 1.82) is 0 Å². The summed E-state index contributed by atoms with van der Waals surface area (Å²) < 4.78 is 13.3. The lowest BCUT2D eigenvalue weighted by molar-refractivity contribution is -0.123. The molecule has 5 nitrogen and oxygen atoms in total. The molecule has 1 saturated heterocycles. The highest BCUT2D eigenvalue weighted by Crippen LogP contribution is 2.59. The van der Waals surface area contributed by atoms with Crippen LogP contribution in [0, 0.1) is 11.2 Å². The largest absolute Gasteiger partial charge is 0.369 e. The number of nitrogens with two attached hydrogens (primary N) is 1. The third-order valence-electron chi connectivity index (χ3n) is 6.11. The first-order chi connectivity index (χ1) is 12.9. The van der Waals surface area contributed by atoms with Crippen LogP contribution in [0.25, 0.3) is 10.4 Å². The number of carbonyl (C=O) groups excluding carboxylic acids is 2. The van der Waals surface area contributed by atoms with Gasteiger partial charge in [0.15, 0.2) is 0 Å². The van der Waals surface area contributed by atoms with E-state index in [2.05, 4.69) is 4.98 Å². The Morgan fingerprint density at radius 1 is 1.26 bits per heavy atom. The van der Waals surface area contributed by atoms with Crippen LogP contribution in [0.1, 0.15) is 54.0 Å². The molecule has 5 rings (SSSR count). The molecule has 2 heterocycles. The van der Waals surface area contributed by atoms with Crippen molar-refractivity contribution < 1.29 is 14.0 Å². The second-order valence-electron chi connectivity index (χ2n) is 8.02. The number of halogens is 1. The van der Waals surface area contributed by atoms with Crippen LogP contribution in [0.3, 0.4) is 0 Å². The zero-order valence-corrected chi connectivity index (χ0v) is 15.8.